The van der Waals surface area contributed by atoms with Gasteiger partial charge < -0.3 is 14.7 Å². The molecule has 0 bridgehead atoms. The molecule has 0 aromatic heterocycles. The van der Waals surface area contributed by atoms with E-state index in [1.165, 1.54) is 17.0 Å². The Morgan fingerprint density at radius 2 is 2.04 bits per heavy atom. The van der Waals surface area contributed by atoms with Crippen LogP contribution in [0.2, 0.25) is 0 Å². The smallest absolute Gasteiger partial charge is 0.311 e. The summed E-state index contributed by atoms with van der Waals surface area (Å²) in [4.78, 5) is 35.1. The van der Waals surface area contributed by atoms with Crippen molar-refractivity contribution in [1.82, 2.24) is 4.90 Å². The molecule has 0 radical (unpaired) electrons. The van der Waals surface area contributed by atoms with Crippen molar-refractivity contribution in [2.75, 3.05) is 13.2 Å². The van der Waals surface area contributed by atoms with Gasteiger partial charge in [0.25, 0.3) is 5.91 Å². The SMILES string of the molecule is CCOc1ccc(C(=O)N(CCC(=O)O)C(C)C)cc1[N+](=O)[O-]. The molecule has 0 saturated carbocycles. The third-order valence-corrected chi connectivity index (χ3v) is 3.15. The fourth-order valence-corrected chi connectivity index (χ4v) is 2.05. The van der Waals surface area contributed by atoms with Gasteiger partial charge >= 0.3 is 11.7 Å². The molecular formula is C15H20N2O6. The normalized spacial score (nSPS) is 10.4. The number of aliphatic carboxylic acids is 1. The van der Waals surface area contributed by atoms with Gasteiger partial charge in [0.1, 0.15) is 0 Å². The van der Waals surface area contributed by atoms with Crippen molar-refractivity contribution >= 4 is 17.6 Å². The van der Waals surface area contributed by atoms with Crippen molar-refractivity contribution in [2.45, 2.75) is 33.2 Å². The summed E-state index contributed by atoms with van der Waals surface area (Å²) in [6.45, 7) is 5.51. The molecule has 126 valence electrons. The van der Waals surface area contributed by atoms with Gasteiger partial charge in [-0.15, -0.1) is 0 Å². The lowest BCUT2D eigenvalue weighted by Crippen LogP contribution is -2.38. The summed E-state index contributed by atoms with van der Waals surface area (Å²) >= 11 is 0. The van der Waals surface area contributed by atoms with E-state index in [1.807, 2.05) is 0 Å². The minimum absolute atomic E-state index is 0.0346. The highest BCUT2D eigenvalue weighted by atomic mass is 16.6. The van der Waals surface area contributed by atoms with Crippen LogP contribution in [0.15, 0.2) is 18.2 Å². The maximum absolute atomic E-state index is 12.5. The first kappa shape index (κ1) is 18.4. The van der Waals surface area contributed by atoms with Crippen LogP contribution in [0.5, 0.6) is 5.75 Å². The number of nitro benzene ring substituents is 1. The maximum Gasteiger partial charge on any atom is 0.311 e. The van der Waals surface area contributed by atoms with E-state index in [1.54, 1.807) is 20.8 Å². The molecule has 0 atom stereocenters. The fourth-order valence-electron chi connectivity index (χ4n) is 2.05. The lowest BCUT2D eigenvalue weighted by molar-refractivity contribution is -0.385. The lowest BCUT2D eigenvalue weighted by Gasteiger charge is -2.26. The predicted octanol–water partition coefficient (Wildman–Crippen LogP) is 2.32. The third kappa shape index (κ3) is 4.94. The van der Waals surface area contributed by atoms with E-state index in [9.17, 15) is 19.7 Å². The van der Waals surface area contributed by atoms with E-state index in [0.29, 0.717) is 0 Å². The molecule has 8 heteroatoms. The number of hydrogen-bond donors (Lipinski definition) is 1. The molecule has 23 heavy (non-hydrogen) atoms. The molecule has 0 aliphatic carbocycles. The number of carbonyl (C=O) groups is 2. The molecular weight excluding hydrogens is 304 g/mol. The molecule has 1 amide bonds. The number of carboxylic acids is 1. The molecule has 0 unspecified atom stereocenters. The van der Waals surface area contributed by atoms with E-state index in [-0.39, 0.29) is 42.6 Å². The first-order valence-electron chi connectivity index (χ1n) is 7.21. The zero-order chi connectivity index (χ0) is 17.6. The minimum atomic E-state index is -1.01. The highest BCUT2D eigenvalue weighted by molar-refractivity contribution is 5.95. The summed E-state index contributed by atoms with van der Waals surface area (Å²) in [6, 6.07) is 3.75. The van der Waals surface area contributed by atoms with Crippen LogP contribution in [0.4, 0.5) is 5.69 Å². The van der Waals surface area contributed by atoms with Crippen LogP contribution in [-0.2, 0) is 4.79 Å². The Kier molecular flexibility index (Phi) is 6.49. The highest BCUT2D eigenvalue weighted by Crippen LogP contribution is 2.28. The van der Waals surface area contributed by atoms with Gasteiger partial charge in [-0.2, -0.15) is 0 Å². The summed E-state index contributed by atoms with van der Waals surface area (Å²) in [5.41, 5.74) is -0.168. The molecule has 1 aromatic rings. The summed E-state index contributed by atoms with van der Waals surface area (Å²) in [6.07, 6.45) is -0.191. The van der Waals surface area contributed by atoms with Crippen LogP contribution in [0.1, 0.15) is 37.6 Å². The zero-order valence-electron chi connectivity index (χ0n) is 13.3. The van der Waals surface area contributed by atoms with E-state index in [4.69, 9.17) is 9.84 Å². The van der Waals surface area contributed by atoms with Gasteiger partial charge in [-0.1, -0.05) is 0 Å². The van der Waals surface area contributed by atoms with Gasteiger partial charge in [0.05, 0.1) is 18.0 Å². The topological polar surface area (TPSA) is 110 Å². The Morgan fingerprint density at radius 1 is 1.39 bits per heavy atom. The third-order valence-electron chi connectivity index (χ3n) is 3.15. The number of rotatable bonds is 8. The van der Waals surface area contributed by atoms with Crippen molar-refractivity contribution in [3.8, 4) is 5.75 Å². The van der Waals surface area contributed by atoms with Crippen LogP contribution in [0, 0.1) is 10.1 Å². The van der Waals surface area contributed by atoms with Crippen molar-refractivity contribution < 1.29 is 24.4 Å². The number of carboxylic acid groups (broad SMARTS) is 1. The van der Waals surface area contributed by atoms with Crippen molar-refractivity contribution in [3.63, 3.8) is 0 Å². The predicted molar refractivity (Wildman–Crippen MR) is 82.7 cm³/mol. The van der Waals surface area contributed by atoms with Crippen LogP contribution in [-0.4, -0.2) is 46.0 Å². The van der Waals surface area contributed by atoms with Gasteiger partial charge in [-0.25, -0.2) is 0 Å². The minimum Gasteiger partial charge on any atom is -0.487 e. The molecule has 0 aliphatic heterocycles. The van der Waals surface area contributed by atoms with E-state index < -0.39 is 16.8 Å². The van der Waals surface area contributed by atoms with Crippen molar-refractivity contribution in [1.29, 1.82) is 0 Å². The van der Waals surface area contributed by atoms with Gasteiger partial charge in [-0.05, 0) is 32.9 Å². The standard InChI is InChI=1S/C15H20N2O6/c1-4-23-13-6-5-11(9-12(13)17(21)22)15(20)16(10(2)3)8-7-14(18)19/h5-6,9-10H,4,7-8H2,1-3H3,(H,18,19). The second-order valence-corrected chi connectivity index (χ2v) is 5.11. The molecule has 0 aliphatic rings. The van der Waals surface area contributed by atoms with Crippen LogP contribution in [0.25, 0.3) is 0 Å². The van der Waals surface area contributed by atoms with Gasteiger partial charge in [0.2, 0.25) is 0 Å². The molecule has 0 saturated heterocycles. The van der Waals surface area contributed by atoms with Crippen LogP contribution in [0.3, 0.4) is 0 Å². The summed E-state index contributed by atoms with van der Waals surface area (Å²) in [5, 5.41) is 19.9. The average Bonchev–Trinajstić information content (AvgIpc) is 2.47. The van der Waals surface area contributed by atoms with Crippen LogP contribution >= 0.6 is 0 Å². The van der Waals surface area contributed by atoms with Crippen molar-refractivity contribution in [2.24, 2.45) is 0 Å². The van der Waals surface area contributed by atoms with Crippen LogP contribution < -0.4 is 4.74 Å². The first-order chi connectivity index (χ1) is 10.8. The summed E-state index contributed by atoms with van der Waals surface area (Å²) in [7, 11) is 0. The average molecular weight is 324 g/mol. The monoisotopic (exact) mass is 324 g/mol. The lowest BCUT2D eigenvalue weighted by atomic mass is 10.1. The summed E-state index contributed by atoms with van der Waals surface area (Å²) < 4.78 is 5.18. The second kappa shape index (κ2) is 8.11. The quantitative estimate of drug-likeness (QED) is 0.580. The largest absolute Gasteiger partial charge is 0.487 e. The number of carbonyl (C=O) groups excluding carboxylic acids is 1. The zero-order valence-corrected chi connectivity index (χ0v) is 13.3. The molecule has 8 nitrogen and oxygen atoms in total. The second-order valence-electron chi connectivity index (χ2n) is 5.11. The molecule has 1 rings (SSSR count). The van der Waals surface area contributed by atoms with E-state index >= 15 is 0 Å². The highest BCUT2D eigenvalue weighted by Gasteiger charge is 2.23. The molecule has 1 aromatic carbocycles. The van der Waals surface area contributed by atoms with Gasteiger partial charge in [0, 0.05) is 24.2 Å². The Balaban J connectivity index is 3.11. The number of nitro groups is 1. The number of ether oxygens (including phenoxy) is 1. The number of nitrogens with zero attached hydrogens (tertiary/aromatic N) is 2. The molecule has 1 N–H and O–H groups in total. The number of benzene rings is 1. The molecule has 0 spiro atoms. The summed E-state index contributed by atoms with van der Waals surface area (Å²) in [5.74, 6) is -1.37. The Morgan fingerprint density at radius 3 is 2.52 bits per heavy atom. The van der Waals surface area contributed by atoms with Gasteiger partial charge in [-0.3, -0.25) is 19.7 Å². The Hall–Kier alpha value is -2.64. The fraction of sp³-hybridized carbons (Fsp3) is 0.467. The maximum atomic E-state index is 12.5. The Labute approximate surface area is 133 Å². The number of hydrogen-bond acceptors (Lipinski definition) is 5. The number of amides is 1. The molecule has 0 fully saturated rings. The molecule has 0 heterocycles. The van der Waals surface area contributed by atoms with Crippen molar-refractivity contribution in [3.05, 3.63) is 33.9 Å². The first-order valence-corrected chi connectivity index (χ1v) is 7.21. The van der Waals surface area contributed by atoms with Gasteiger partial charge in [0.15, 0.2) is 5.75 Å². The van der Waals surface area contributed by atoms with E-state index in [2.05, 4.69) is 0 Å². The Bertz CT molecular complexity index is 600. The van der Waals surface area contributed by atoms with E-state index in [0.717, 1.165) is 6.07 Å².